The van der Waals surface area contributed by atoms with Crippen LogP contribution in [0.5, 0.6) is 11.5 Å². The summed E-state index contributed by atoms with van der Waals surface area (Å²) in [5.41, 5.74) is 1.88. The van der Waals surface area contributed by atoms with E-state index in [-0.39, 0.29) is 6.61 Å². The zero-order valence-electron chi connectivity index (χ0n) is 16.0. The van der Waals surface area contributed by atoms with Gasteiger partial charge in [-0.05, 0) is 35.4 Å². The molecule has 1 aliphatic carbocycles. The maximum Gasteiger partial charge on any atom is 0.118 e. The van der Waals surface area contributed by atoms with Gasteiger partial charge in [-0.15, -0.1) is 0 Å². The molecule has 0 heterocycles. The number of aliphatic hydroxyl groups is 2. The molecule has 0 amide bonds. The normalized spacial score (nSPS) is 24.1. The molecule has 4 atom stereocenters. The number of hydrogen-bond acceptors (Lipinski definition) is 6. The van der Waals surface area contributed by atoms with Crippen LogP contribution >= 0.6 is 0 Å². The SMILES string of the molecule is COc1ccc(CO[C@H]2[C@H](O)[C@@H](OCc3ccc(OC)cc3)C=C[C@@H]2O)cc1. The number of benzene rings is 2. The van der Waals surface area contributed by atoms with Crippen LogP contribution in [0.3, 0.4) is 0 Å². The zero-order valence-corrected chi connectivity index (χ0v) is 16.0. The Hall–Kier alpha value is -2.38. The van der Waals surface area contributed by atoms with Crippen molar-refractivity contribution in [3.8, 4) is 11.5 Å². The van der Waals surface area contributed by atoms with E-state index in [0.717, 1.165) is 22.6 Å². The standard InChI is InChI=1S/C22H26O6/c1-25-17-7-3-15(4-8-17)13-27-20-12-11-19(23)22(21(20)24)28-14-16-5-9-18(26-2)10-6-16/h3-12,19-24H,13-14H2,1-2H3/t19-,20-,21+,22+/m0/s1. The van der Waals surface area contributed by atoms with E-state index < -0.39 is 24.4 Å². The number of rotatable bonds is 8. The molecule has 0 spiro atoms. The van der Waals surface area contributed by atoms with Crippen LogP contribution in [0.1, 0.15) is 11.1 Å². The molecule has 28 heavy (non-hydrogen) atoms. The lowest BCUT2D eigenvalue weighted by Gasteiger charge is -2.34. The van der Waals surface area contributed by atoms with Crippen LogP contribution in [0, 0.1) is 0 Å². The van der Waals surface area contributed by atoms with E-state index in [1.54, 1.807) is 26.4 Å². The number of hydrogen-bond donors (Lipinski definition) is 2. The summed E-state index contributed by atoms with van der Waals surface area (Å²) in [5, 5.41) is 20.8. The van der Waals surface area contributed by atoms with E-state index >= 15 is 0 Å². The minimum atomic E-state index is -0.975. The summed E-state index contributed by atoms with van der Waals surface area (Å²) in [5.74, 6) is 1.54. The predicted molar refractivity (Wildman–Crippen MR) is 104 cm³/mol. The molecule has 150 valence electrons. The van der Waals surface area contributed by atoms with Crippen molar-refractivity contribution in [3.05, 3.63) is 71.8 Å². The average molecular weight is 386 g/mol. The van der Waals surface area contributed by atoms with Gasteiger partial charge in [0.25, 0.3) is 0 Å². The van der Waals surface area contributed by atoms with Crippen LogP contribution in [0.4, 0.5) is 0 Å². The molecule has 1 aliphatic rings. The third-order valence-corrected chi connectivity index (χ3v) is 4.71. The first-order valence-electron chi connectivity index (χ1n) is 9.14. The fourth-order valence-corrected chi connectivity index (χ4v) is 3.02. The summed E-state index contributed by atoms with van der Waals surface area (Å²) < 4.78 is 21.9. The van der Waals surface area contributed by atoms with Crippen LogP contribution in [0.25, 0.3) is 0 Å². The van der Waals surface area contributed by atoms with Crippen molar-refractivity contribution in [2.45, 2.75) is 37.6 Å². The molecule has 3 rings (SSSR count). The first-order chi connectivity index (χ1) is 13.6. The summed E-state index contributed by atoms with van der Waals surface area (Å²) in [4.78, 5) is 0. The van der Waals surface area contributed by atoms with Crippen molar-refractivity contribution in [1.29, 1.82) is 0 Å². The van der Waals surface area contributed by atoms with E-state index in [1.807, 2.05) is 48.5 Å². The highest BCUT2D eigenvalue weighted by Gasteiger charge is 2.35. The van der Waals surface area contributed by atoms with Crippen LogP contribution in [0.15, 0.2) is 60.7 Å². The van der Waals surface area contributed by atoms with Crippen LogP contribution < -0.4 is 9.47 Å². The van der Waals surface area contributed by atoms with Gasteiger partial charge in [0.15, 0.2) is 0 Å². The van der Waals surface area contributed by atoms with Crippen molar-refractivity contribution in [2.75, 3.05) is 14.2 Å². The average Bonchev–Trinajstić information content (AvgIpc) is 2.74. The van der Waals surface area contributed by atoms with Gasteiger partial charge in [0.1, 0.15) is 35.9 Å². The van der Waals surface area contributed by atoms with E-state index in [4.69, 9.17) is 18.9 Å². The first kappa shape index (κ1) is 20.4. The molecule has 2 N–H and O–H groups in total. The van der Waals surface area contributed by atoms with Gasteiger partial charge < -0.3 is 29.2 Å². The second kappa shape index (κ2) is 9.71. The molecular weight excluding hydrogens is 360 g/mol. The second-order valence-electron chi connectivity index (χ2n) is 6.61. The van der Waals surface area contributed by atoms with Crippen LogP contribution in [-0.2, 0) is 22.7 Å². The largest absolute Gasteiger partial charge is 0.497 e. The Morgan fingerprint density at radius 3 is 1.71 bits per heavy atom. The van der Waals surface area contributed by atoms with Crippen molar-refractivity contribution in [2.24, 2.45) is 0 Å². The highest BCUT2D eigenvalue weighted by Crippen LogP contribution is 2.23. The smallest absolute Gasteiger partial charge is 0.118 e. The quantitative estimate of drug-likeness (QED) is 0.679. The Morgan fingerprint density at radius 1 is 0.714 bits per heavy atom. The summed E-state index contributed by atoms with van der Waals surface area (Å²) in [7, 11) is 3.23. The number of aliphatic hydroxyl groups excluding tert-OH is 2. The molecule has 0 saturated carbocycles. The minimum Gasteiger partial charge on any atom is -0.497 e. The number of ether oxygens (including phenoxy) is 4. The molecule has 0 unspecified atom stereocenters. The Balaban J connectivity index is 1.56. The van der Waals surface area contributed by atoms with Crippen LogP contribution in [0.2, 0.25) is 0 Å². The second-order valence-corrected chi connectivity index (χ2v) is 6.61. The van der Waals surface area contributed by atoms with Crippen molar-refractivity contribution in [1.82, 2.24) is 0 Å². The first-order valence-corrected chi connectivity index (χ1v) is 9.14. The van der Waals surface area contributed by atoms with Gasteiger partial charge in [-0.1, -0.05) is 36.4 Å². The van der Waals surface area contributed by atoms with Gasteiger partial charge in [-0.2, -0.15) is 0 Å². The summed E-state index contributed by atoms with van der Waals surface area (Å²) in [6.07, 6.45) is 0.0702. The topological polar surface area (TPSA) is 77.4 Å². The molecule has 6 nitrogen and oxygen atoms in total. The molecule has 6 heteroatoms. The van der Waals surface area contributed by atoms with Gasteiger partial charge in [0.2, 0.25) is 0 Å². The van der Waals surface area contributed by atoms with Crippen molar-refractivity contribution < 1.29 is 29.2 Å². The van der Waals surface area contributed by atoms with Gasteiger partial charge >= 0.3 is 0 Å². The maximum absolute atomic E-state index is 10.6. The fourth-order valence-electron chi connectivity index (χ4n) is 3.02. The lowest BCUT2D eigenvalue weighted by molar-refractivity contribution is -0.141. The third kappa shape index (κ3) is 5.11. The minimum absolute atomic E-state index is 0.266. The van der Waals surface area contributed by atoms with Crippen molar-refractivity contribution in [3.63, 3.8) is 0 Å². The van der Waals surface area contributed by atoms with Gasteiger partial charge in [-0.25, -0.2) is 0 Å². The van der Waals surface area contributed by atoms with Crippen LogP contribution in [-0.4, -0.2) is 48.8 Å². The Morgan fingerprint density at radius 2 is 1.21 bits per heavy atom. The molecule has 0 bridgehead atoms. The maximum atomic E-state index is 10.6. The van der Waals surface area contributed by atoms with Gasteiger partial charge in [-0.3, -0.25) is 0 Å². The Labute approximate surface area is 164 Å². The highest BCUT2D eigenvalue weighted by molar-refractivity contribution is 5.27. The molecule has 0 aromatic heterocycles. The molecule has 2 aromatic carbocycles. The summed E-state index contributed by atoms with van der Waals surface area (Å²) >= 11 is 0. The summed E-state index contributed by atoms with van der Waals surface area (Å²) in [6, 6.07) is 15.0. The third-order valence-electron chi connectivity index (χ3n) is 4.71. The molecular formula is C22H26O6. The molecule has 0 saturated heterocycles. The lowest BCUT2D eigenvalue weighted by Crippen LogP contribution is -2.48. The molecule has 0 fully saturated rings. The van der Waals surface area contributed by atoms with Gasteiger partial charge in [0, 0.05) is 0 Å². The monoisotopic (exact) mass is 386 g/mol. The molecule has 0 aliphatic heterocycles. The van der Waals surface area contributed by atoms with Crippen molar-refractivity contribution >= 4 is 0 Å². The lowest BCUT2D eigenvalue weighted by atomic mass is 9.96. The van der Waals surface area contributed by atoms with E-state index in [1.165, 1.54) is 0 Å². The zero-order chi connectivity index (χ0) is 19.9. The number of methoxy groups -OCH3 is 2. The molecule has 0 radical (unpaired) electrons. The van der Waals surface area contributed by atoms with Gasteiger partial charge in [0.05, 0.1) is 27.4 Å². The predicted octanol–water partition coefficient (Wildman–Crippen LogP) is 2.47. The highest BCUT2D eigenvalue weighted by atomic mass is 16.5. The Bertz CT molecular complexity index is 756. The van der Waals surface area contributed by atoms with E-state index in [9.17, 15) is 10.2 Å². The Kier molecular flexibility index (Phi) is 7.06. The summed E-state index contributed by atoms with van der Waals surface area (Å²) in [6.45, 7) is 0.596. The van der Waals surface area contributed by atoms with E-state index in [0.29, 0.717) is 6.61 Å². The fraction of sp³-hybridized carbons (Fsp3) is 0.364. The van der Waals surface area contributed by atoms with E-state index in [2.05, 4.69) is 0 Å². The molecule has 2 aromatic rings.